The summed E-state index contributed by atoms with van der Waals surface area (Å²) >= 11 is 6.12. The number of halogens is 1. The molecule has 10 heteroatoms. The third-order valence-corrected chi connectivity index (χ3v) is 6.58. The van der Waals surface area contributed by atoms with Gasteiger partial charge < -0.3 is 15.0 Å². The molecule has 28 heavy (non-hydrogen) atoms. The second-order valence-corrected chi connectivity index (χ2v) is 9.68. The zero-order valence-corrected chi connectivity index (χ0v) is 18.1. The minimum Gasteiger partial charge on any atom is -0.379 e. The Labute approximate surface area is 170 Å². The fourth-order valence-corrected chi connectivity index (χ4v) is 4.52. The van der Waals surface area contributed by atoms with Gasteiger partial charge in [-0.3, -0.25) is 9.59 Å². The number of carbonyl (C=O) groups is 2. The molecule has 1 aliphatic rings. The SMILES string of the molecule is CCN(C(=O)C(=O)Nc1cc(S(=O)(=O)N2CCOCC2)ccc1Cl)C(C)(C)C. The van der Waals surface area contributed by atoms with Crippen LogP contribution >= 0.6 is 11.6 Å². The van der Waals surface area contributed by atoms with Gasteiger partial charge in [-0.1, -0.05) is 11.6 Å². The molecule has 0 aliphatic carbocycles. The van der Waals surface area contributed by atoms with E-state index in [0.717, 1.165) is 0 Å². The molecule has 0 atom stereocenters. The Morgan fingerprint density at radius 2 is 1.86 bits per heavy atom. The predicted molar refractivity (Wildman–Crippen MR) is 107 cm³/mol. The Bertz CT molecular complexity index is 845. The number of nitrogens with one attached hydrogen (secondary N) is 1. The molecule has 0 saturated carbocycles. The van der Waals surface area contributed by atoms with Gasteiger partial charge in [-0.05, 0) is 45.9 Å². The van der Waals surface area contributed by atoms with Crippen LogP contribution in [0.3, 0.4) is 0 Å². The van der Waals surface area contributed by atoms with Gasteiger partial charge in [0.15, 0.2) is 0 Å². The van der Waals surface area contributed by atoms with Crippen molar-refractivity contribution in [1.29, 1.82) is 0 Å². The van der Waals surface area contributed by atoms with Gasteiger partial charge in [-0.2, -0.15) is 4.31 Å². The van der Waals surface area contributed by atoms with Crippen molar-refractivity contribution in [1.82, 2.24) is 9.21 Å². The van der Waals surface area contributed by atoms with Crippen molar-refractivity contribution >= 4 is 39.1 Å². The fraction of sp³-hybridized carbons (Fsp3) is 0.556. The van der Waals surface area contributed by atoms with Crippen LogP contribution in [0.25, 0.3) is 0 Å². The number of likely N-dealkylation sites (N-methyl/N-ethyl adjacent to an activating group) is 1. The summed E-state index contributed by atoms with van der Waals surface area (Å²) < 4.78 is 32.1. The molecule has 0 radical (unpaired) electrons. The van der Waals surface area contributed by atoms with Crippen molar-refractivity contribution in [2.75, 3.05) is 38.2 Å². The Kier molecular flexibility index (Phi) is 7.08. The van der Waals surface area contributed by atoms with Gasteiger partial charge in [0.1, 0.15) is 0 Å². The molecule has 1 N–H and O–H groups in total. The van der Waals surface area contributed by atoms with Crippen molar-refractivity contribution in [2.24, 2.45) is 0 Å². The molecular weight excluding hydrogens is 406 g/mol. The minimum atomic E-state index is -3.75. The van der Waals surface area contributed by atoms with E-state index < -0.39 is 27.4 Å². The highest BCUT2D eigenvalue weighted by molar-refractivity contribution is 7.89. The lowest BCUT2D eigenvalue weighted by Gasteiger charge is -2.34. The molecule has 2 rings (SSSR count). The van der Waals surface area contributed by atoms with Gasteiger partial charge in [0.05, 0.1) is 28.8 Å². The molecule has 1 heterocycles. The Hall–Kier alpha value is -1.68. The zero-order chi connectivity index (χ0) is 21.1. The van der Waals surface area contributed by atoms with Gasteiger partial charge in [-0.15, -0.1) is 0 Å². The number of benzene rings is 1. The van der Waals surface area contributed by atoms with Crippen molar-refractivity contribution in [3.8, 4) is 0 Å². The monoisotopic (exact) mass is 431 g/mol. The van der Waals surface area contributed by atoms with E-state index in [4.69, 9.17) is 16.3 Å². The van der Waals surface area contributed by atoms with E-state index in [-0.39, 0.29) is 28.7 Å². The van der Waals surface area contributed by atoms with Gasteiger partial charge in [0, 0.05) is 25.2 Å². The van der Waals surface area contributed by atoms with Crippen LogP contribution in [-0.4, -0.2) is 67.8 Å². The summed E-state index contributed by atoms with van der Waals surface area (Å²) in [4.78, 5) is 26.3. The summed E-state index contributed by atoms with van der Waals surface area (Å²) in [5.41, 5.74) is -0.464. The number of sulfonamides is 1. The maximum absolute atomic E-state index is 12.8. The van der Waals surface area contributed by atoms with Crippen LogP contribution in [0.2, 0.25) is 5.02 Å². The maximum atomic E-state index is 12.8. The highest BCUT2D eigenvalue weighted by Crippen LogP contribution is 2.27. The second kappa shape index (κ2) is 8.77. The molecule has 2 amide bonds. The van der Waals surface area contributed by atoms with Crippen LogP contribution in [0, 0.1) is 0 Å². The first-order chi connectivity index (χ1) is 13.0. The normalized spacial score (nSPS) is 15.9. The summed E-state index contributed by atoms with van der Waals surface area (Å²) in [5.74, 6) is -1.59. The quantitative estimate of drug-likeness (QED) is 0.735. The number of hydrogen-bond donors (Lipinski definition) is 1. The van der Waals surface area contributed by atoms with Crippen molar-refractivity contribution in [3.63, 3.8) is 0 Å². The largest absolute Gasteiger partial charge is 0.379 e. The number of carbonyl (C=O) groups excluding carboxylic acids is 2. The topological polar surface area (TPSA) is 96.0 Å². The van der Waals surface area contributed by atoms with E-state index >= 15 is 0 Å². The highest BCUT2D eigenvalue weighted by atomic mass is 35.5. The number of rotatable bonds is 4. The fourth-order valence-electron chi connectivity index (χ4n) is 2.92. The van der Waals surface area contributed by atoms with Crippen LogP contribution in [0.4, 0.5) is 5.69 Å². The first kappa shape index (κ1) is 22.6. The lowest BCUT2D eigenvalue weighted by atomic mass is 10.1. The molecule has 1 fully saturated rings. The summed E-state index contributed by atoms with van der Waals surface area (Å²) in [5, 5.41) is 2.58. The molecule has 0 bridgehead atoms. The third kappa shape index (κ3) is 5.02. The van der Waals surface area contributed by atoms with Gasteiger partial charge in [0.25, 0.3) is 0 Å². The first-order valence-electron chi connectivity index (χ1n) is 8.99. The number of ether oxygens (including phenoxy) is 1. The summed E-state index contributed by atoms with van der Waals surface area (Å²) in [6.45, 7) is 8.76. The molecule has 1 aromatic carbocycles. The predicted octanol–water partition coefficient (Wildman–Crippen LogP) is 1.95. The molecule has 1 aliphatic heterocycles. The summed E-state index contributed by atoms with van der Waals surface area (Å²) in [7, 11) is -3.75. The number of anilines is 1. The number of amides is 2. The smallest absolute Gasteiger partial charge is 0.313 e. The molecule has 1 aromatic rings. The van der Waals surface area contributed by atoms with Gasteiger partial charge >= 0.3 is 11.8 Å². The van der Waals surface area contributed by atoms with E-state index in [9.17, 15) is 18.0 Å². The molecule has 156 valence electrons. The number of hydrogen-bond acceptors (Lipinski definition) is 5. The van der Waals surface area contributed by atoms with Crippen LogP contribution < -0.4 is 5.32 Å². The van der Waals surface area contributed by atoms with Crippen molar-refractivity contribution < 1.29 is 22.7 Å². The lowest BCUT2D eigenvalue weighted by Crippen LogP contribution is -2.49. The minimum absolute atomic E-state index is 0.00952. The van der Waals surface area contributed by atoms with E-state index in [1.807, 2.05) is 20.8 Å². The van der Waals surface area contributed by atoms with E-state index in [0.29, 0.717) is 19.8 Å². The van der Waals surface area contributed by atoms with Crippen LogP contribution in [0.15, 0.2) is 23.1 Å². The molecule has 0 spiro atoms. The molecule has 8 nitrogen and oxygen atoms in total. The Morgan fingerprint density at radius 3 is 2.39 bits per heavy atom. The molecule has 0 aromatic heterocycles. The van der Waals surface area contributed by atoms with E-state index in [1.165, 1.54) is 27.4 Å². The average molecular weight is 432 g/mol. The summed E-state index contributed by atoms with van der Waals surface area (Å²) in [6.07, 6.45) is 0. The maximum Gasteiger partial charge on any atom is 0.313 e. The van der Waals surface area contributed by atoms with Crippen LogP contribution in [0.5, 0.6) is 0 Å². The van der Waals surface area contributed by atoms with E-state index in [2.05, 4.69) is 5.32 Å². The van der Waals surface area contributed by atoms with Gasteiger partial charge in [0.2, 0.25) is 10.0 Å². The number of morpholine rings is 1. The Morgan fingerprint density at radius 1 is 1.25 bits per heavy atom. The second-order valence-electron chi connectivity index (χ2n) is 7.33. The third-order valence-electron chi connectivity index (χ3n) is 4.36. The molecular formula is C18H26ClN3O5S. The summed E-state index contributed by atoms with van der Waals surface area (Å²) in [6, 6.07) is 4.03. The number of nitrogens with zero attached hydrogens (tertiary/aromatic N) is 2. The molecule has 1 saturated heterocycles. The van der Waals surface area contributed by atoms with Crippen LogP contribution in [-0.2, 0) is 24.3 Å². The Balaban J connectivity index is 2.26. The molecule has 0 unspecified atom stereocenters. The zero-order valence-electron chi connectivity index (χ0n) is 16.5. The van der Waals surface area contributed by atoms with Crippen molar-refractivity contribution in [2.45, 2.75) is 38.1 Å². The highest BCUT2D eigenvalue weighted by Gasteiger charge is 2.31. The average Bonchev–Trinajstić information content (AvgIpc) is 2.63. The van der Waals surface area contributed by atoms with E-state index in [1.54, 1.807) is 6.92 Å². The van der Waals surface area contributed by atoms with Gasteiger partial charge in [-0.25, -0.2) is 8.42 Å². The first-order valence-corrected chi connectivity index (χ1v) is 10.8. The standard InChI is InChI=1S/C18H26ClN3O5S/c1-5-22(18(2,3)4)17(24)16(23)20-15-12-13(6-7-14(15)19)28(25,26)21-8-10-27-11-9-21/h6-7,12H,5,8-11H2,1-4H3,(H,20,23). The lowest BCUT2D eigenvalue weighted by molar-refractivity contribution is -0.146. The van der Waals surface area contributed by atoms with Crippen LogP contribution in [0.1, 0.15) is 27.7 Å². The van der Waals surface area contributed by atoms with Crippen molar-refractivity contribution in [3.05, 3.63) is 23.2 Å².